The number of hydrogen-bond acceptors (Lipinski definition) is 4. The summed E-state index contributed by atoms with van der Waals surface area (Å²) in [5.74, 6) is 0.628. The Morgan fingerprint density at radius 2 is 2.08 bits per heavy atom. The topological polar surface area (TPSA) is 87.0 Å². The number of aromatic amines is 1. The van der Waals surface area contributed by atoms with Crippen LogP contribution in [0.3, 0.4) is 0 Å². The van der Waals surface area contributed by atoms with E-state index in [4.69, 9.17) is 4.74 Å². The maximum Gasteiger partial charge on any atom is 0.265 e. The number of azo groups is 1. The number of methoxy groups -OCH3 is 1. The zero-order valence-corrected chi connectivity index (χ0v) is 15.4. The minimum Gasteiger partial charge on any atom is -0.496 e. The van der Waals surface area contributed by atoms with E-state index in [-0.39, 0.29) is 17.7 Å². The summed E-state index contributed by atoms with van der Waals surface area (Å²) in [5.41, 5.74) is 2.10. The van der Waals surface area contributed by atoms with E-state index in [9.17, 15) is 9.90 Å². The van der Waals surface area contributed by atoms with Gasteiger partial charge in [0.1, 0.15) is 5.75 Å². The average molecular weight is 345 g/mol. The first-order valence-corrected chi connectivity index (χ1v) is 8.83. The fourth-order valence-corrected chi connectivity index (χ4v) is 2.86. The zero-order chi connectivity index (χ0) is 18.4. The van der Waals surface area contributed by atoms with Gasteiger partial charge >= 0.3 is 0 Å². The number of fused-ring (bicyclic) bond motifs is 1. The van der Waals surface area contributed by atoms with Gasteiger partial charge in [-0.2, -0.15) is 0 Å². The van der Waals surface area contributed by atoms with Gasteiger partial charge in [0, 0.05) is 17.4 Å². The quantitative estimate of drug-likeness (QED) is 0.504. The Hall–Kier alpha value is -2.37. The molecule has 1 heterocycles. The van der Waals surface area contributed by atoms with Crippen LogP contribution in [-0.2, 0) is 11.2 Å². The predicted octanol–water partition coefficient (Wildman–Crippen LogP) is 5.27. The average Bonchev–Trinajstić information content (AvgIpc) is 2.88. The Bertz CT molecular complexity index is 763. The highest BCUT2D eigenvalue weighted by molar-refractivity contribution is 5.97. The van der Waals surface area contributed by atoms with E-state index in [1.165, 1.54) is 0 Å². The molecule has 2 rings (SSSR count). The smallest absolute Gasteiger partial charge is 0.265 e. The lowest BCUT2D eigenvalue weighted by atomic mass is 10.0. The Morgan fingerprint density at radius 1 is 1.32 bits per heavy atom. The fourth-order valence-electron chi connectivity index (χ4n) is 2.86. The summed E-state index contributed by atoms with van der Waals surface area (Å²) in [6.45, 7) is 6.06. The minimum absolute atomic E-state index is 0.0823. The molecule has 6 nitrogen and oxygen atoms in total. The number of ether oxygens (including phenoxy) is 1. The van der Waals surface area contributed by atoms with Gasteiger partial charge in [0.05, 0.1) is 12.6 Å². The zero-order valence-electron chi connectivity index (χ0n) is 15.4. The third kappa shape index (κ3) is 4.59. The number of carbonyl (C=O) groups excluding carboxylic acids is 1. The summed E-state index contributed by atoms with van der Waals surface area (Å²) in [7, 11) is 1.64. The largest absolute Gasteiger partial charge is 0.496 e. The van der Waals surface area contributed by atoms with Gasteiger partial charge in [-0.05, 0) is 30.9 Å². The normalized spacial score (nSPS) is 11.7. The number of nitrogens with zero attached hydrogens (tertiary/aromatic N) is 2. The van der Waals surface area contributed by atoms with Gasteiger partial charge in [-0.25, -0.2) is 0 Å². The van der Waals surface area contributed by atoms with Crippen molar-refractivity contribution in [3.05, 3.63) is 17.7 Å². The molecule has 0 aliphatic heterocycles. The van der Waals surface area contributed by atoms with Gasteiger partial charge in [-0.3, -0.25) is 4.79 Å². The van der Waals surface area contributed by atoms with Crippen molar-refractivity contribution in [3.8, 4) is 11.6 Å². The van der Waals surface area contributed by atoms with E-state index in [1.54, 1.807) is 7.11 Å². The number of aromatic hydroxyl groups is 1. The molecule has 1 aromatic heterocycles. The minimum atomic E-state index is -0.291. The lowest BCUT2D eigenvalue weighted by Gasteiger charge is -2.09. The molecule has 0 radical (unpaired) electrons. The molecule has 2 aromatic rings. The van der Waals surface area contributed by atoms with E-state index < -0.39 is 0 Å². The molecule has 0 fully saturated rings. The van der Waals surface area contributed by atoms with Crippen LogP contribution in [-0.4, -0.2) is 23.1 Å². The number of carbonyl (C=O) groups is 1. The van der Waals surface area contributed by atoms with Crippen molar-refractivity contribution in [2.24, 2.45) is 16.1 Å². The van der Waals surface area contributed by atoms with Crippen LogP contribution < -0.4 is 4.74 Å². The van der Waals surface area contributed by atoms with Crippen LogP contribution in [0.2, 0.25) is 0 Å². The molecule has 0 saturated carbocycles. The molecule has 1 aromatic carbocycles. The Balaban J connectivity index is 2.39. The maximum atomic E-state index is 11.8. The van der Waals surface area contributed by atoms with Gasteiger partial charge in [0.25, 0.3) is 5.91 Å². The molecule has 0 spiro atoms. The lowest BCUT2D eigenvalue weighted by Crippen LogP contribution is -1.97. The van der Waals surface area contributed by atoms with E-state index in [1.807, 2.05) is 26.0 Å². The number of nitrogens with one attached hydrogen (secondary N) is 1. The SMILES string of the molecule is CCCCCc1c(OC)ccc2c(N=NC(=O)CC(C)C)c(O)[nH]c12. The summed E-state index contributed by atoms with van der Waals surface area (Å²) in [5, 5.41) is 18.7. The van der Waals surface area contributed by atoms with Crippen LogP contribution in [0, 0.1) is 5.92 Å². The van der Waals surface area contributed by atoms with Crippen LogP contribution in [0.15, 0.2) is 22.4 Å². The van der Waals surface area contributed by atoms with Crippen molar-refractivity contribution in [1.82, 2.24) is 4.98 Å². The number of benzene rings is 1. The van der Waals surface area contributed by atoms with Crippen LogP contribution in [0.4, 0.5) is 5.69 Å². The van der Waals surface area contributed by atoms with Crippen molar-refractivity contribution in [2.45, 2.75) is 52.9 Å². The molecular weight excluding hydrogens is 318 g/mol. The Kier molecular flexibility index (Phi) is 6.56. The molecule has 136 valence electrons. The predicted molar refractivity (Wildman–Crippen MR) is 98.7 cm³/mol. The number of rotatable bonds is 8. The number of H-pyrrole nitrogens is 1. The first-order chi connectivity index (χ1) is 12.0. The first kappa shape index (κ1) is 19.0. The van der Waals surface area contributed by atoms with Crippen molar-refractivity contribution in [2.75, 3.05) is 7.11 Å². The van der Waals surface area contributed by atoms with E-state index in [0.717, 1.165) is 47.9 Å². The molecule has 0 aliphatic carbocycles. The van der Waals surface area contributed by atoms with Crippen LogP contribution in [0.5, 0.6) is 11.6 Å². The van der Waals surface area contributed by atoms with Crippen molar-refractivity contribution >= 4 is 22.5 Å². The van der Waals surface area contributed by atoms with Crippen LogP contribution in [0.1, 0.15) is 52.0 Å². The van der Waals surface area contributed by atoms with Gasteiger partial charge in [0.2, 0.25) is 5.88 Å². The second-order valence-corrected chi connectivity index (χ2v) is 6.64. The molecule has 1 amide bonds. The van der Waals surface area contributed by atoms with E-state index >= 15 is 0 Å². The van der Waals surface area contributed by atoms with Crippen LogP contribution >= 0.6 is 0 Å². The monoisotopic (exact) mass is 345 g/mol. The van der Waals surface area contributed by atoms with E-state index in [2.05, 4.69) is 22.1 Å². The second-order valence-electron chi connectivity index (χ2n) is 6.64. The fraction of sp³-hybridized carbons (Fsp3) is 0.526. The highest BCUT2D eigenvalue weighted by Crippen LogP contribution is 2.40. The molecule has 0 bridgehead atoms. The third-order valence-electron chi connectivity index (χ3n) is 4.09. The summed E-state index contributed by atoms with van der Waals surface area (Å²) < 4.78 is 5.47. The number of aryl methyl sites for hydroxylation is 1. The lowest BCUT2D eigenvalue weighted by molar-refractivity contribution is -0.118. The van der Waals surface area contributed by atoms with Crippen LogP contribution in [0.25, 0.3) is 10.9 Å². The van der Waals surface area contributed by atoms with Gasteiger partial charge in [-0.1, -0.05) is 33.6 Å². The molecular formula is C19H27N3O3. The highest BCUT2D eigenvalue weighted by Gasteiger charge is 2.17. The van der Waals surface area contributed by atoms with Crippen molar-refractivity contribution < 1.29 is 14.6 Å². The summed E-state index contributed by atoms with van der Waals surface area (Å²) >= 11 is 0. The standard InChI is InChI=1S/C19H27N3O3/c1-5-6-7-8-13-15(25-4)10-9-14-17(13)20-19(24)18(14)22-21-16(23)11-12(2)3/h9-10,12,20,24H,5-8,11H2,1-4H3. The molecule has 0 atom stereocenters. The molecule has 25 heavy (non-hydrogen) atoms. The summed E-state index contributed by atoms with van der Waals surface area (Å²) in [6, 6.07) is 3.70. The number of unbranched alkanes of at least 4 members (excludes halogenated alkanes) is 2. The number of amides is 1. The molecule has 6 heteroatoms. The number of hydrogen-bond donors (Lipinski definition) is 2. The Morgan fingerprint density at radius 3 is 2.72 bits per heavy atom. The molecule has 0 unspecified atom stereocenters. The second kappa shape index (κ2) is 8.65. The van der Waals surface area contributed by atoms with Gasteiger partial charge in [0.15, 0.2) is 5.69 Å². The highest BCUT2D eigenvalue weighted by atomic mass is 16.5. The third-order valence-corrected chi connectivity index (χ3v) is 4.09. The maximum absolute atomic E-state index is 11.8. The first-order valence-electron chi connectivity index (χ1n) is 8.83. The Labute approximate surface area is 148 Å². The summed E-state index contributed by atoms with van der Waals surface area (Å²) in [6.07, 6.45) is 4.48. The van der Waals surface area contributed by atoms with Crippen molar-refractivity contribution in [3.63, 3.8) is 0 Å². The summed E-state index contributed by atoms with van der Waals surface area (Å²) in [4.78, 5) is 14.7. The van der Waals surface area contributed by atoms with Gasteiger partial charge < -0.3 is 14.8 Å². The number of aromatic nitrogens is 1. The molecule has 0 saturated heterocycles. The van der Waals surface area contributed by atoms with Gasteiger partial charge in [-0.15, -0.1) is 10.2 Å². The van der Waals surface area contributed by atoms with E-state index in [0.29, 0.717) is 12.1 Å². The van der Waals surface area contributed by atoms with Crippen molar-refractivity contribution in [1.29, 1.82) is 0 Å². The molecule has 0 aliphatic rings. The molecule has 2 N–H and O–H groups in total.